The molecule has 5 rings (SSSR count). The van der Waals surface area contributed by atoms with E-state index >= 15 is 0 Å². The van der Waals surface area contributed by atoms with Gasteiger partial charge in [0.15, 0.2) is 0 Å². The van der Waals surface area contributed by atoms with Gasteiger partial charge in [-0.3, -0.25) is 0 Å². The third-order valence-corrected chi connectivity index (χ3v) is 5.91. The monoisotopic (exact) mass is 341 g/mol. The molecule has 1 fully saturated rings. The van der Waals surface area contributed by atoms with Crippen LogP contribution in [0, 0.1) is 6.92 Å². The van der Waals surface area contributed by atoms with Crippen LogP contribution in [0.2, 0.25) is 5.02 Å². The second-order valence-corrected chi connectivity index (χ2v) is 7.30. The zero-order valence-corrected chi connectivity index (χ0v) is 14.5. The third-order valence-electron chi connectivity index (χ3n) is 5.55. The first-order valence-electron chi connectivity index (χ1n) is 8.65. The molecule has 4 heterocycles. The van der Waals surface area contributed by atoms with Crippen LogP contribution in [0.1, 0.15) is 42.8 Å². The molecular weight excluding hydrogens is 322 g/mol. The SMILES string of the molecule is Cc1nc2ccccn2c1C1(c2nn3c(c2Cl)NCCC3)CCC1. The fourth-order valence-electron chi connectivity index (χ4n) is 4.32. The summed E-state index contributed by atoms with van der Waals surface area (Å²) in [4.78, 5) is 4.77. The minimum absolute atomic E-state index is 0.117. The zero-order valence-electron chi connectivity index (χ0n) is 13.7. The fraction of sp³-hybridized carbons (Fsp3) is 0.444. The molecule has 0 amide bonds. The zero-order chi connectivity index (χ0) is 16.3. The van der Waals surface area contributed by atoms with Crippen molar-refractivity contribution in [3.8, 4) is 0 Å². The fourth-order valence-corrected chi connectivity index (χ4v) is 4.70. The minimum atomic E-state index is -0.117. The summed E-state index contributed by atoms with van der Waals surface area (Å²) in [6, 6.07) is 6.15. The average molecular weight is 342 g/mol. The molecule has 0 saturated heterocycles. The number of rotatable bonds is 2. The van der Waals surface area contributed by atoms with Crippen LogP contribution in [0.5, 0.6) is 0 Å². The number of imidazole rings is 1. The van der Waals surface area contributed by atoms with Crippen molar-refractivity contribution in [2.45, 2.75) is 44.6 Å². The molecule has 124 valence electrons. The maximum Gasteiger partial charge on any atom is 0.143 e. The van der Waals surface area contributed by atoms with Gasteiger partial charge in [0.25, 0.3) is 0 Å². The van der Waals surface area contributed by atoms with Gasteiger partial charge in [-0.2, -0.15) is 5.10 Å². The molecule has 0 bridgehead atoms. The molecule has 1 saturated carbocycles. The Balaban J connectivity index is 1.75. The molecule has 0 aromatic carbocycles. The van der Waals surface area contributed by atoms with Crippen molar-refractivity contribution < 1.29 is 0 Å². The van der Waals surface area contributed by atoms with Crippen molar-refractivity contribution in [3.63, 3.8) is 0 Å². The van der Waals surface area contributed by atoms with E-state index in [0.717, 1.165) is 60.2 Å². The number of aromatic nitrogens is 4. The first-order chi connectivity index (χ1) is 11.7. The lowest BCUT2D eigenvalue weighted by Crippen LogP contribution is -2.38. The highest BCUT2D eigenvalue weighted by molar-refractivity contribution is 6.33. The number of aryl methyl sites for hydroxylation is 2. The van der Waals surface area contributed by atoms with Crippen LogP contribution in [0.4, 0.5) is 5.82 Å². The van der Waals surface area contributed by atoms with Crippen molar-refractivity contribution in [3.05, 3.63) is 46.5 Å². The van der Waals surface area contributed by atoms with E-state index in [4.69, 9.17) is 21.7 Å². The van der Waals surface area contributed by atoms with Gasteiger partial charge in [0, 0.05) is 19.3 Å². The highest BCUT2D eigenvalue weighted by Gasteiger charge is 2.48. The number of hydrogen-bond donors (Lipinski definition) is 1. The summed E-state index contributed by atoms with van der Waals surface area (Å²) in [7, 11) is 0. The normalized spacial score (nSPS) is 18.9. The second kappa shape index (κ2) is 4.99. The number of nitrogens with one attached hydrogen (secondary N) is 1. The van der Waals surface area contributed by atoms with Gasteiger partial charge in [0.05, 0.1) is 22.5 Å². The van der Waals surface area contributed by atoms with Crippen LogP contribution >= 0.6 is 11.6 Å². The van der Waals surface area contributed by atoms with Gasteiger partial charge in [0.1, 0.15) is 16.5 Å². The molecule has 1 N–H and O–H groups in total. The standard InChI is InChI=1S/C18H20ClN5/c1-12-16(23-10-3-2-6-13(23)21-12)18(7-4-8-18)15-14(19)17-20-9-5-11-24(17)22-15/h2-3,6,10,20H,4-5,7-9,11H2,1H3. The number of nitrogens with zero attached hydrogens (tertiary/aromatic N) is 4. The van der Waals surface area contributed by atoms with Crippen LogP contribution < -0.4 is 5.32 Å². The smallest absolute Gasteiger partial charge is 0.143 e. The van der Waals surface area contributed by atoms with Crippen LogP contribution in [0.25, 0.3) is 5.65 Å². The Hall–Kier alpha value is -2.01. The largest absolute Gasteiger partial charge is 0.369 e. The summed E-state index contributed by atoms with van der Waals surface area (Å²) >= 11 is 6.78. The molecule has 2 aliphatic rings. The van der Waals surface area contributed by atoms with Crippen LogP contribution in [0.3, 0.4) is 0 Å². The Morgan fingerprint density at radius 2 is 2.12 bits per heavy atom. The Labute approximate surface area is 145 Å². The van der Waals surface area contributed by atoms with Gasteiger partial charge in [-0.1, -0.05) is 24.1 Å². The van der Waals surface area contributed by atoms with Crippen LogP contribution in [-0.4, -0.2) is 25.7 Å². The third kappa shape index (κ3) is 1.76. The highest BCUT2D eigenvalue weighted by atomic mass is 35.5. The Morgan fingerprint density at radius 1 is 1.25 bits per heavy atom. The lowest BCUT2D eigenvalue weighted by molar-refractivity contribution is 0.280. The van der Waals surface area contributed by atoms with Gasteiger partial charge in [-0.15, -0.1) is 0 Å². The number of pyridine rings is 1. The maximum absolute atomic E-state index is 6.78. The van der Waals surface area contributed by atoms with Crippen molar-refractivity contribution in [2.75, 3.05) is 11.9 Å². The van der Waals surface area contributed by atoms with E-state index in [1.807, 2.05) is 10.7 Å². The molecule has 3 aromatic rings. The van der Waals surface area contributed by atoms with Crippen molar-refractivity contribution >= 4 is 23.1 Å². The summed E-state index contributed by atoms with van der Waals surface area (Å²) in [6.45, 7) is 4.00. The van der Waals surface area contributed by atoms with E-state index < -0.39 is 0 Å². The first-order valence-corrected chi connectivity index (χ1v) is 9.03. The van der Waals surface area contributed by atoms with Gasteiger partial charge in [-0.25, -0.2) is 9.67 Å². The number of halogens is 1. The van der Waals surface area contributed by atoms with Crippen molar-refractivity contribution in [1.82, 2.24) is 19.2 Å². The summed E-state index contributed by atoms with van der Waals surface area (Å²) in [5.74, 6) is 0.982. The topological polar surface area (TPSA) is 47.2 Å². The predicted molar refractivity (Wildman–Crippen MR) is 94.9 cm³/mol. The van der Waals surface area contributed by atoms with Gasteiger partial charge >= 0.3 is 0 Å². The van der Waals surface area contributed by atoms with Crippen molar-refractivity contribution in [2.24, 2.45) is 0 Å². The summed E-state index contributed by atoms with van der Waals surface area (Å²) in [6.07, 6.45) is 6.55. The summed E-state index contributed by atoms with van der Waals surface area (Å²) < 4.78 is 4.26. The lowest BCUT2D eigenvalue weighted by atomic mass is 9.64. The van der Waals surface area contributed by atoms with Crippen molar-refractivity contribution in [1.29, 1.82) is 0 Å². The summed E-state index contributed by atoms with van der Waals surface area (Å²) in [5, 5.41) is 9.14. The number of hydrogen-bond acceptors (Lipinski definition) is 3. The minimum Gasteiger partial charge on any atom is -0.369 e. The quantitative estimate of drug-likeness (QED) is 0.771. The molecular formula is C18H20ClN5. The predicted octanol–water partition coefficient (Wildman–Crippen LogP) is 3.78. The molecule has 3 aromatic heterocycles. The highest BCUT2D eigenvalue weighted by Crippen LogP contribution is 2.52. The van der Waals surface area contributed by atoms with E-state index in [-0.39, 0.29) is 5.41 Å². The Kier molecular flexibility index (Phi) is 2.98. The summed E-state index contributed by atoms with van der Waals surface area (Å²) in [5.41, 5.74) is 4.23. The van der Waals surface area contributed by atoms with Crippen LogP contribution in [0.15, 0.2) is 24.4 Å². The van der Waals surface area contributed by atoms with E-state index in [1.54, 1.807) is 0 Å². The molecule has 0 radical (unpaired) electrons. The lowest BCUT2D eigenvalue weighted by Gasteiger charge is -2.41. The number of fused-ring (bicyclic) bond motifs is 2. The molecule has 5 nitrogen and oxygen atoms in total. The first kappa shape index (κ1) is 14.3. The Morgan fingerprint density at radius 3 is 2.88 bits per heavy atom. The van der Waals surface area contributed by atoms with Gasteiger partial charge < -0.3 is 9.72 Å². The Bertz CT molecular complexity index is 934. The molecule has 0 unspecified atom stereocenters. The number of anilines is 1. The maximum atomic E-state index is 6.78. The second-order valence-electron chi connectivity index (χ2n) is 6.92. The van der Waals surface area contributed by atoms with Crippen LogP contribution in [-0.2, 0) is 12.0 Å². The van der Waals surface area contributed by atoms with Gasteiger partial charge in [0.2, 0.25) is 0 Å². The van der Waals surface area contributed by atoms with E-state index in [1.165, 1.54) is 12.1 Å². The molecule has 0 spiro atoms. The van der Waals surface area contributed by atoms with E-state index in [0.29, 0.717) is 0 Å². The van der Waals surface area contributed by atoms with E-state index in [2.05, 4.69) is 35.0 Å². The molecule has 1 aliphatic heterocycles. The molecule has 1 aliphatic carbocycles. The molecule has 6 heteroatoms. The molecule has 24 heavy (non-hydrogen) atoms. The van der Waals surface area contributed by atoms with E-state index in [9.17, 15) is 0 Å². The molecule has 0 atom stereocenters. The average Bonchev–Trinajstić information content (AvgIpc) is 3.06. The van der Waals surface area contributed by atoms with Gasteiger partial charge in [-0.05, 0) is 38.3 Å².